The van der Waals surface area contributed by atoms with Gasteiger partial charge in [-0.15, -0.1) is 0 Å². The zero-order valence-electron chi connectivity index (χ0n) is 13.7. The van der Waals surface area contributed by atoms with Crippen LogP contribution in [0.3, 0.4) is 0 Å². The van der Waals surface area contributed by atoms with Gasteiger partial charge in [-0.3, -0.25) is 0 Å². The summed E-state index contributed by atoms with van der Waals surface area (Å²) < 4.78 is 0. The van der Waals surface area contributed by atoms with E-state index in [0.29, 0.717) is 11.5 Å². The lowest BCUT2D eigenvalue weighted by Gasteiger charge is -2.40. The summed E-state index contributed by atoms with van der Waals surface area (Å²) in [5.74, 6) is 0.763. The Bertz CT molecular complexity index is 404. The first-order chi connectivity index (χ1) is 9.50. The van der Waals surface area contributed by atoms with E-state index in [0.717, 1.165) is 5.92 Å². The molecular weight excluding hydrogens is 242 g/mol. The number of anilines is 1. The zero-order valence-corrected chi connectivity index (χ0v) is 13.7. The Kier molecular flexibility index (Phi) is 5.12. The predicted molar refractivity (Wildman–Crippen MR) is 89.3 cm³/mol. The molecular formula is C19H31N. The van der Waals surface area contributed by atoms with Crippen molar-refractivity contribution in [2.24, 2.45) is 11.3 Å². The number of hydrogen-bond donors (Lipinski definition) is 1. The normalized spacial score (nSPS) is 25.4. The van der Waals surface area contributed by atoms with Crippen LogP contribution in [-0.2, 0) is 6.42 Å². The molecule has 0 aliphatic heterocycles. The van der Waals surface area contributed by atoms with Gasteiger partial charge in [-0.25, -0.2) is 0 Å². The maximum atomic E-state index is 3.75. The molecule has 1 aromatic rings. The smallest absolute Gasteiger partial charge is 0.0342 e. The lowest BCUT2D eigenvalue weighted by Crippen LogP contribution is -2.36. The molecule has 0 saturated heterocycles. The van der Waals surface area contributed by atoms with Gasteiger partial charge in [0, 0.05) is 11.7 Å². The minimum Gasteiger partial charge on any atom is -0.382 e. The highest BCUT2D eigenvalue weighted by Crippen LogP contribution is 2.39. The topological polar surface area (TPSA) is 12.0 Å². The van der Waals surface area contributed by atoms with E-state index in [-0.39, 0.29) is 0 Å². The molecule has 0 amide bonds. The van der Waals surface area contributed by atoms with E-state index in [1.165, 1.54) is 49.8 Å². The van der Waals surface area contributed by atoms with E-state index in [2.05, 4.69) is 57.3 Å². The Balaban J connectivity index is 1.90. The maximum Gasteiger partial charge on any atom is 0.0342 e. The van der Waals surface area contributed by atoms with E-state index in [4.69, 9.17) is 0 Å². The van der Waals surface area contributed by atoms with Gasteiger partial charge in [-0.1, -0.05) is 46.2 Å². The second-order valence-corrected chi connectivity index (χ2v) is 7.44. The van der Waals surface area contributed by atoms with Gasteiger partial charge >= 0.3 is 0 Å². The van der Waals surface area contributed by atoms with Crippen molar-refractivity contribution in [3.05, 3.63) is 29.8 Å². The monoisotopic (exact) mass is 273 g/mol. The van der Waals surface area contributed by atoms with Gasteiger partial charge in [-0.05, 0) is 61.1 Å². The standard InChI is InChI=1S/C19H31N/c1-5-6-7-16-8-10-17(11-9-16)20-18-12-13-19(3,4)14-15(18)2/h8-11,15,18,20H,5-7,12-14H2,1-4H3. The summed E-state index contributed by atoms with van der Waals surface area (Å²) in [5, 5.41) is 3.75. The zero-order chi connectivity index (χ0) is 14.6. The average molecular weight is 273 g/mol. The lowest BCUT2D eigenvalue weighted by atomic mass is 9.70. The van der Waals surface area contributed by atoms with Crippen LogP contribution in [0.25, 0.3) is 0 Å². The van der Waals surface area contributed by atoms with Crippen LogP contribution in [0.5, 0.6) is 0 Å². The summed E-state index contributed by atoms with van der Waals surface area (Å²) in [7, 11) is 0. The van der Waals surface area contributed by atoms with Gasteiger partial charge in [0.25, 0.3) is 0 Å². The number of benzene rings is 1. The van der Waals surface area contributed by atoms with Crippen molar-refractivity contribution < 1.29 is 0 Å². The second kappa shape index (κ2) is 6.65. The Morgan fingerprint density at radius 3 is 2.50 bits per heavy atom. The first kappa shape index (κ1) is 15.4. The Morgan fingerprint density at radius 2 is 1.90 bits per heavy atom. The first-order valence-corrected chi connectivity index (χ1v) is 8.35. The number of nitrogens with one attached hydrogen (secondary N) is 1. The summed E-state index contributed by atoms with van der Waals surface area (Å²) in [4.78, 5) is 0. The molecule has 1 heteroatoms. The molecule has 0 aromatic heterocycles. The van der Waals surface area contributed by atoms with Crippen molar-refractivity contribution in [3.63, 3.8) is 0 Å². The van der Waals surface area contributed by atoms with E-state index >= 15 is 0 Å². The van der Waals surface area contributed by atoms with Gasteiger partial charge < -0.3 is 5.32 Å². The fourth-order valence-corrected chi connectivity index (χ4v) is 3.52. The highest BCUT2D eigenvalue weighted by Gasteiger charge is 2.32. The van der Waals surface area contributed by atoms with Crippen LogP contribution in [-0.4, -0.2) is 6.04 Å². The average Bonchev–Trinajstić information content (AvgIpc) is 2.40. The molecule has 0 spiro atoms. The first-order valence-electron chi connectivity index (χ1n) is 8.35. The highest BCUT2D eigenvalue weighted by atomic mass is 14.9. The summed E-state index contributed by atoms with van der Waals surface area (Å²) in [5.41, 5.74) is 3.29. The molecule has 0 heterocycles. The lowest BCUT2D eigenvalue weighted by molar-refractivity contribution is 0.177. The van der Waals surface area contributed by atoms with Crippen LogP contribution in [0.15, 0.2) is 24.3 Å². The Labute approximate surface area is 125 Å². The molecule has 1 aliphatic carbocycles. The molecule has 112 valence electrons. The third-order valence-electron chi connectivity index (χ3n) is 4.82. The molecule has 0 bridgehead atoms. The van der Waals surface area contributed by atoms with Gasteiger partial charge in [-0.2, -0.15) is 0 Å². The molecule has 0 radical (unpaired) electrons. The predicted octanol–water partition coefficient (Wildman–Crippen LogP) is 5.66. The fourth-order valence-electron chi connectivity index (χ4n) is 3.52. The number of rotatable bonds is 5. The van der Waals surface area contributed by atoms with Gasteiger partial charge in [0.15, 0.2) is 0 Å². The summed E-state index contributed by atoms with van der Waals surface area (Å²) >= 11 is 0. The van der Waals surface area contributed by atoms with E-state index in [1.807, 2.05) is 0 Å². The van der Waals surface area contributed by atoms with Crippen molar-refractivity contribution in [1.29, 1.82) is 0 Å². The Morgan fingerprint density at radius 1 is 1.20 bits per heavy atom. The van der Waals surface area contributed by atoms with E-state index in [9.17, 15) is 0 Å². The van der Waals surface area contributed by atoms with Crippen LogP contribution >= 0.6 is 0 Å². The third kappa shape index (κ3) is 4.26. The summed E-state index contributed by atoms with van der Waals surface area (Å²) in [6.07, 6.45) is 7.75. The number of unbranched alkanes of at least 4 members (excludes halogenated alkanes) is 1. The fraction of sp³-hybridized carbons (Fsp3) is 0.684. The van der Waals surface area contributed by atoms with Crippen LogP contribution < -0.4 is 5.32 Å². The van der Waals surface area contributed by atoms with Crippen molar-refractivity contribution >= 4 is 5.69 Å². The van der Waals surface area contributed by atoms with E-state index < -0.39 is 0 Å². The minimum atomic E-state index is 0.529. The van der Waals surface area contributed by atoms with Crippen molar-refractivity contribution in [2.75, 3.05) is 5.32 Å². The molecule has 20 heavy (non-hydrogen) atoms. The Hall–Kier alpha value is -0.980. The van der Waals surface area contributed by atoms with Crippen molar-refractivity contribution in [1.82, 2.24) is 0 Å². The largest absolute Gasteiger partial charge is 0.382 e. The minimum absolute atomic E-state index is 0.529. The molecule has 2 unspecified atom stereocenters. The van der Waals surface area contributed by atoms with Gasteiger partial charge in [0.1, 0.15) is 0 Å². The van der Waals surface area contributed by atoms with Crippen molar-refractivity contribution in [3.8, 4) is 0 Å². The van der Waals surface area contributed by atoms with Gasteiger partial charge in [0.2, 0.25) is 0 Å². The van der Waals surface area contributed by atoms with Gasteiger partial charge in [0.05, 0.1) is 0 Å². The molecule has 2 atom stereocenters. The van der Waals surface area contributed by atoms with Crippen LogP contribution in [0.1, 0.15) is 65.4 Å². The molecule has 1 saturated carbocycles. The van der Waals surface area contributed by atoms with Crippen LogP contribution in [0.4, 0.5) is 5.69 Å². The van der Waals surface area contributed by atoms with Crippen LogP contribution in [0, 0.1) is 11.3 Å². The van der Waals surface area contributed by atoms with Crippen LogP contribution in [0.2, 0.25) is 0 Å². The second-order valence-electron chi connectivity index (χ2n) is 7.44. The SMILES string of the molecule is CCCCc1ccc(NC2CCC(C)(C)CC2C)cc1. The van der Waals surface area contributed by atoms with E-state index in [1.54, 1.807) is 0 Å². The molecule has 1 fully saturated rings. The number of hydrogen-bond acceptors (Lipinski definition) is 1. The van der Waals surface area contributed by atoms with Crippen molar-refractivity contribution in [2.45, 2.75) is 72.3 Å². The molecule has 1 aromatic carbocycles. The third-order valence-corrected chi connectivity index (χ3v) is 4.82. The highest BCUT2D eigenvalue weighted by molar-refractivity contribution is 5.45. The summed E-state index contributed by atoms with van der Waals surface area (Å²) in [6, 6.07) is 9.74. The number of aryl methyl sites for hydroxylation is 1. The molecule has 1 aliphatic rings. The molecule has 1 N–H and O–H groups in total. The molecule has 2 rings (SSSR count). The summed E-state index contributed by atoms with van der Waals surface area (Å²) in [6.45, 7) is 9.46. The maximum absolute atomic E-state index is 3.75. The molecule has 1 nitrogen and oxygen atoms in total. The quantitative estimate of drug-likeness (QED) is 0.730.